The second kappa shape index (κ2) is 4.55. The molecular formula is C15H15NO3. The molecule has 1 aliphatic heterocycles. The van der Waals surface area contributed by atoms with E-state index < -0.39 is 11.4 Å². The van der Waals surface area contributed by atoms with Crippen molar-refractivity contribution in [3.63, 3.8) is 0 Å². The highest BCUT2D eigenvalue weighted by Crippen LogP contribution is 2.28. The maximum absolute atomic E-state index is 11.2. The van der Waals surface area contributed by atoms with E-state index in [4.69, 9.17) is 4.74 Å². The van der Waals surface area contributed by atoms with Crippen LogP contribution < -0.4 is 5.32 Å². The van der Waals surface area contributed by atoms with Crippen molar-refractivity contribution in [3.8, 4) is 0 Å². The number of carboxylic acid groups (broad SMARTS) is 1. The molecule has 1 fully saturated rings. The molecule has 0 aliphatic carbocycles. The van der Waals surface area contributed by atoms with Crippen molar-refractivity contribution in [3.05, 3.63) is 42.5 Å². The molecule has 0 amide bonds. The van der Waals surface area contributed by atoms with Crippen molar-refractivity contribution in [1.82, 2.24) is 0 Å². The highest BCUT2D eigenvalue weighted by Gasteiger charge is 2.46. The van der Waals surface area contributed by atoms with Crippen LogP contribution in [0.1, 0.15) is 0 Å². The Balaban J connectivity index is 1.76. The highest BCUT2D eigenvalue weighted by atomic mass is 16.5. The van der Waals surface area contributed by atoms with Crippen molar-refractivity contribution in [2.24, 2.45) is 5.41 Å². The number of rotatable bonds is 4. The van der Waals surface area contributed by atoms with E-state index in [0.29, 0.717) is 6.54 Å². The molecule has 3 rings (SSSR count). The Bertz CT molecular complexity index is 620. The fourth-order valence-electron chi connectivity index (χ4n) is 2.22. The van der Waals surface area contributed by atoms with E-state index in [0.717, 1.165) is 11.1 Å². The molecule has 1 saturated heterocycles. The Labute approximate surface area is 111 Å². The number of carbonyl (C=O) groups is 1. The van der Waals surface area contributed by atoms with E-state index in [9.17, 15) is 9.90 Å². The van der Waals surface area contributed by atoms with E-state index in [2.05, 4.69) is 11.4 Å². The maximum Gasteiger partial charge on any atom is 0.316 e. The number of anilines is 1. The number of fused-ring (bicyclic) bond motifs is 1. The summed E-state index contributed by atoms with van der Waals surface area (Å²) in [5.74, 6) is -0.799. The lowest BCUT2D eigenvalue weighted by Crippen LogP contribution is -2.53. The number of benzene rings is 2. The van der Waals surface area contributed by atoms with Gasteiger partial charge in [0.15, 0.2) is 0 Å². The summed E-state index contributed by atoms with van der Waals surface area (Å²) in [4.78, 5) is 11.2. The zero-order chi connectivity index (χ0) is 13.3. The quantitative estimate of drug-likeness (QED) is 0.882. The summed E-state index contributed by atoms with van der Waals surface area (Å²) in [5, 5.41) is 14.7. The van der Waals surface area contributed by atoms with E-state index >= 15 is 0 Å². The zero-order valence-electron chi connectivity index (χ0n) is 10.4. The van der Waals surface area contributed by atoms with Gasteiger partial charge in [0.2, 0.25) is 0 Å². The first-order valence-corrected chi connectivity index (χ1v) is 6.23. The third kappa shape index (κ3) is 2.15. The predicted octanol–water partition coefficient (Wildman–Crippen LogP) is 2.35. The summed E-state index contributed by atoms with van der Waals surface area (Å²) < 4.78 is 5.04. The van der Waals surface area contributed by atoms with Crippen molar-refractivity contribution in [2.45, 2.75) is 0 Å². The normalized spacial score (nSPS) is 16.8. The lowest BCUT2D eigenvalue weighted by Gasteiger charge is -2.37. The average Bonchev–Trinajstić information content (AvgIpc) is 2.37. The molecule has 4 nitrogen and oxygen atoms in total. The molecule has 0 atom stereocenters. The molecular weight excluding hydrogens is 242 g/mol. The van der Waals surface area contributed by atoms with Crippen LogP contribution in [0.3, 0.4) is 0 Å². The second-order valence-electron chi connectivity index (χ2n) is 4.99. The summed E-state index contributed by atoms with van der Waals surface area (Å²) >= 11 is 0. The van der Waals surface area contributed by atoms with Gasteiger partial charge in [-0.2, -0.15) is 0 Å². The average molecular weight is 257 g/mol. The number of hydrogen-bond acceptors (Lipinski definition) is 3. The lowest BCUT2D eigenvalue weighted by atomic mass is 9.86. The molecule has 1 heterocycles. The number of carboxylic acids is 1. The Morgan fingerprint density at radius 3 is 2.58 bits per heavy atom. The monoisotopic (exact) mass is 257 g/mol. The smallest absolute Gasteiger partial charge is 0.316 e. The maximum atomic E-state index is 11.2. The van der Waals surface area contributed by atoms with Crippen LogP contribution in [0.25, 0.3) is 10.8 Å². The zero-order valence-corrected chi connectivity index (χ0v) is 10.4. The molecule has 19 heavy (non-hydrogen) atoms. The van der Waals surface area contributed by atoms with Gasteiger partial charge in [0.05, 0.1) is 13.2 Å². The number of nitrogens with one attached hydrogen (secondary N) is 1. The Hall–Kier alpha value is -2.07. The summed E-state index contributed by atoms with van der Waals surface area (Å²) in [6.45, 7) is 0.951. The van der Waals surface area contributed by atoms with E-state index in [1.807, 2.05) is 36.4 Å². The molecule has 0 unspecified atom stereocenters. The first kappa shape index (κ1) is 12.0. The fraction of sp³-hybridized carbons (Fsp3) is 0.267. The van der Waals surface area contributed by atoms with Crippen LogP contribution in [-0.4, -0.2) is 30.8 Å². The van der Waals surface area contributed by atoms with Crippen LogP contribution in [0.5, 0.6) is 0 Å². The second-order valence-corrected chi connectivity index (χ2v) is 4.99. The molecule has 0 bridgehead atoms. The fourth-order valence-corrected chi connectivity index (χ4v) is 2.22. The molecule has 0 saturated carbocycles. The van der Waals surface area contributed by atoms with Gasteiger partial charge in [-0.3, -0.25) is 4.79 Å². The van der Waals surface area contributed by atoms with Gasteiger partial charge < -0.3 is 15.2 Å². The van der Waals surface area contributed by atoms with Gasteiger partial charge in [0, 0.05) is 12.2 Å². The molecule has 0 spiro atoms. The molecule has 0 radical (unpaired) electrons. The first-order valence-electron chi connectivity index (χ1n) is 6.23. The van der Waals surface area contributed by atoms with Crippen molar-refractivity contribution in [2.75, 3.05) is 25.1 Å². The minimum Gasteiger partial charge on any atom is -0.481 e. The predicted molar refractivity (Wildman–Crippen MR) is 73.3 cm³/mol. The van der Waals surface area contributed by atoms with Gasteiger partial charge in [-0.25, -0.2) is 0 Å². The molecule has 2 aromatic carbocycles. The molecule has 1 aliphatic rings. The standard InChI is InChI=1S/C15H15NO3/c17-14(18)15(9-19-10-15)8-16-13-6-5-11-3-1-2-4-12(11)7-13/h1-7,16H,8-10H2,(H,17,18). The molecule has 0 aromatic heterocycles. The first-order chi connectivity index (χ1) is 9.20. The molecule has 2 N–H and O–H groups in total. The van der Waals surface area contributed by atoms with Gasteiger partial charge >= 0.3 is 5.97 Å². The van der Waals surface area contributed by atoms with Gasteiger partial charge in [-0.1, -0.05) is 30.3 Å². The van der Waals surface area contributed by atoms with Gasteiger partial charge in [-0.15, -0.1) is 0 Å². The van der Waals surface area contributed by atoms with E-state index in [-0.39, 0.29) is 13.2 Å². The van der Waals surface area contributed by atoms with Crippen molar-refractivity contribution >= 4 is 22.4 Å². The topological polar surface area (TPSA) is 58.6 Å². The van der Waals surface area contributed by atoms with Crippen LogP contribution in [0.15, 0.2) is 42.5 Å². The Morgan fingerprint density at radius 1 is 1.21 bits per heavy atom. The minimum atomic E-state index is -0.799. The Kier molecular flexibility index (Phi) is 2.87. The third-order valence-corrected chi connectivity index (χ3v) is 3.59. The summed E-state index contributed by atoms with van der Waals surface area (Å²) in [6, 6.07) is 14.1. The molecule has 2 aromatic rings. The lowest BCUT2D eigenvalue weighted by molar-refractivity contribution is -0.176. The van der Waals surface area contributed by atoms with Crippen LogP contribution in [0.2, 0.25) is 0 Å². The molecule has 4 heteroatoms. The minimum absolute atomic E-state index is 0.281. The molecule has 98 valence electrons. The van der Waals surface area contributed by atoms with Crippen LogP contribution in [0, 0.1) is 5.41 Å². The summed E-state index contributed by atoms with van der Waals surface area (Å²) in [5.41, 5.74) is 0.164. The van der Waals surface area contributed by atoms with Gasteiger partial charge in [0.1, 0.15) is 5.41 Å². The van der Waals surface area contributed by atoms with Crippen molar-refractivity contribution in [1.29, 1.82) is 0 Å². The third-order valence-electron chi connectivity index (χ3n) is 3.59. The van der Waals surface area contributed by atoms with E-state index in [1.165, 1.54) is 5.39 Å². The number of aliphatic carboxylic acids is 1. The van der Waals surface area contributed by atoms with E-state index in [1.54, 1.807) is 0 Å². The SMILES string of the molecule is O=C(O)C1(CNc2ccc3ccccc3c2)COC1. The van der Waals surface area contributed by atoms with Crippen LogP contribution in [-0.2, 0) is 9.53 Å². The Morgan fingerprint density at radius 2 is 1.95 bits per heavy atom. The summed E-state index contributed by atoms with van der Waals surface area (Å²) in [6.07, 6.45) is 0. The highest BCUT2D eigenvalue weighted by molar-refractivity contribution is 5.85. The summed E-state index contributed by atoms with van der Waals surface area (Å²) in [7, 11) is 0. The van der Waals surface area contributed by atoms with Gasteiger partial charge in [-0.05, 0) is 22.9 Å². The van der Waals surface area contributed by atoms with Gasteiger partial charge in [0.25, 0.3) is 0 Å². The largest absolute Gasteiger partial charge is 0.481 e. The van der Waals surface area contributed by atoms with Crippen LogP contribution >= 0.6 is 0 Å². The van der Waals surface area contributed by atoms with Crippen molar-refractivity contribution < 1.29 is 14.6 Å². The van der Waals surface area contributed by atoms with Crippen LogP contribution in [0.4, 0.5) is 5.69 Å². The number of ether oxygens (including phenoxy) is 1. The number of hydrogen-bond donors (Lipinski definition) is 2.